The van der Waals surface area contributed by atoms with Crippen molar-refractivity contribution >= 4 is 77.4 Å². The minimum atomic E-state index is -3.71. The van der Waals surface area contributed by atoms with Gasteiger partial charge in [-0.1, -0.05) is 70.1 Å². The Morgan fingerprint density at radius 3 is 1.81 bits per heavy atom. The van der Waals surface area contributed by atoms with E-state index in [0.29, 0.717) is 11.1 Å². The number of ether oxygens (including phenoxy) is 1. The standard InChI is InChI=1S/C20H18Cl5O6P/c1-4-28-32(27,29-5-2)31-13-8-6-12(7-9-13)11(3)10-14(26)30-20-18(24)16(22)15(21)17(23)19(20)25/h6-10H,4-5H2,1-3H3/b11-10+. The number of rotatable bonds is 9. The van der Waals surface area contributed by atoms with Gasteiger partial charge in [-0.2, -0.15) is 0 Å². The zero-order valence-electron chi connectivity index (χ0n) is 17.1. The molecule has 0 spiro atoms. The van der Waals surface area contributed by atoms with Crippen LogP contribution in [-0.4, -0.2) is 19.2 Å². The van der Waals surface area contributed by atoms with E-state index in [1.807, 2.05) is 0 Å². The molecule has 0 atom stereocenters. The molecule has 0 unspecified atom stereocenters. The van der Waals surface area contributed by atoms with Crippen LogP contribution in [0, 0.1) is 0 Å². The number of allylic oxidation sites excluding steroid dienone is 1. The van der Waals surface area contributed by atoms with Crippen molar-refractivity contribution in [1.29, 1.82) is 0 Å². The van der Waals surface area contributed by atoms with Crippen LogP contribution < -0.4 is 9.26 Å². The zero-order valence-corrected chi connectivity index (χ0v) is 21.8. The number of hydrogen-bond acceptors (Lipinski definition) is 6. The molecule has 0 fully saturated rings. The molecule has 12 heteroatoms. The van der Waals surface area contributed by atoms with Crippen LogP contribution in [0.25, 0.3) is 5.57 Å². The van der Waals surface area contributed by atoms with Gasteiger partial charge >= 0.3 is 13.8 Å². The van der Waals surface area contributed by atoms with Gasteiger partial charge in [-0.15, -0.1) is 0 Å². The number of phosphoric ester groups is 1. The van der Waals surface area contributed by atoms with Crippen molar-refractivity contribution in [3.63, 3.8) is 0 Å². The molecule has 6 nitrogen and oxygen atoms in total. The molecule has 0 aliphatic rings. The molecule has 0 heterocycles. The summed E-state index contributed by atoms with van der Waals surface area (Å²) in [7, 11) is -3.71. The fraction of sp³-hybridized carbons (Fsp3) is 0.250. The quantitative estimate of drug-likeness (QED) is 0.0762. The minimum absolute atomic E-state index is 0.0459. The number of phosphoric acid groups is 1. The second-order valence-corrected chi connectivity index (χ2v) is 9.53. The maximum atomic E-state index is 12.5. The lowest BCUT2D eigenvalue weighted by Gasteiger charge is -2.17. The summed E-state index contributed by atoms with van der Waals surface area (Å²) in [5, 5.41) is -0.494. The van der Waals surface area contributed by atoms with Gasteiger partial charge in [0.2, 0.25) is 0 Å². The number of benzene rings is 2. The molecule has 0 saturated carbocycles. The Hall–Kier alpha value is -0.950. The lowest BCUT2D eigenvalue weighted by molar-refractivity contribution is -0.128. The molecule has 0 aromatic heterocycles. The normalized spacial score (nSPS) is 12.1. The monoisotopic (exact) mass is 560 g/mol. The highest BCUT2D eigenvalue weighted by atomic mass is 35.5. The van der Waals surface area contributed by atoms with E-state index in [-0.39, 0.29) is 49.8 Å². The van der Waals surface area contributed by atoms with Crippen molar-refractivity contribution < 1.29 is 27.7 Å². The third-order valence-corrected chi connectivity index (χ3v) is 7.63. The molecule has 0 aliphatic carbocycles. The van der Waals surface area contributed by atoms with E-state index in [4.69, 9.17) is 76.3 Å². The van der Waals surface area contributed by atoms with E-state index in [9.17, 15) is 9.36 Å². The van der Waals surface area contributed by atoms with Gasteiger partial charge in [0, 0.05) is 6.08 Å². The molecule has 2 aromatic carbocycles. The minimum Gasteiger partial charge on any atom is -0.420 e. The van der Waals surface area contributed by atoms with Gasteiger partial charge in [0.05, 0.1) is 28.3 Å². The summed E-state index contributed by atoms with van der Waals surface area (Å²) in [6, 6.07) is 6.45. The molecule has 0 N–H and O–H groups in total. The molecular formula is C20H18Cl5O6P. The van der Waals surface area contributed by atoms with Crippen molar-refractivity contribution in [3.8, 4) is 11.5 Å². The topological polar surface area (TPSA) is 71.1 Å². The molecule has 0 saturated heterocycles. The first kappa shape index (κ1) is 27.3. The van der Waals surface area contributed by atoms with Gasteiger partial charge in [0.15, 0.2) is 5.75 Å². The molecule has 0 radical (unpaired) electrons. The highest BCUT2D eigenvalue weighted by Crippen LogP contribution is 2.50. The first-order valence-electron chi connectivity index (χ1n) is 9.13. The Bertz CT molecular complexity index is 1030. The van der Waals surface area contributed by atoms with Crippen LogP contribution in [0.5, 0.6) is 11.5 Å². The Balaban J connectivity index is 2.18. The third-order valence-electron chi connectivity index (χ3n) is 3.81. The average molecular weight is 563 g/mol. The van der Waals surface area contributed by atoms with Gasteiger partial charge in [-0.25, -0.2) is 9.36 Å². The van der Waals surface area contributed by atoms with Crippen LogP contribution in [0.4, 0.5) is 0 Å². The van der Waals surface area contributed by atoms with Crippen LogP contribution in [0.2, 0.25) is 25.1 Å². The Morgan fingerprint density at radius 1 is 0.875 bits per heavy atom. The van der Waals surface area contributed by atoms with Gasteiger partial charge in [0.1, 0.15) is 15.8 Å². The summed E-state index contributed by atoms with van der Waals surface area (Å²) >= 11 is 30.0. The van der Waals surface area contributed by atoms with Gasteiger partial charge < -0.3 is 9.26 Å². The molecule has 0 bridgehead atoms. The fourth-order valence-electron chi connectivity index (χ4n) is 2.38. The lowest BCUT2D eigenvalue weighted by atomic mass is 10.1. The molecular weight excluding hydrogens is 544 g/mol. The summed E-state index contributed by atoms with van der Waals surface area (Å²) < 4.78 is 33.2. The number of hydrogen-bond donors (Lipinski definition) is 0. The summed E-state index contributed by atoms with van der Waals surface area (Å²) in [5.74, 6) is -0.690. The Labute approximate surface area is 210 Å². The number of carbonyl (C=O) groups excluding carboxylic acids is 1. The van der Waals surface area contributed by atoms with Crippen LogP contribution in [0.1, 0.15) is 26.3 Å². The van der Waals surface area contributed by atoms with E-state index in [2.05, 4.69) is 0 Å². The zero-order chi connectivity index (χ0) is 24.1. The molecule has 2 aromatic rings. The lowest BCUT2D eigenvalue weighted by Crippen LogP contribution is -2.06. The summed E-state index contributed by atoms with van der Waals surface area (Å²) in [6.07, 6.45) is 1.23. The van der Waals surface area contributed by atoms with Crippen LogP contribution in [0.15, 0.2) is 30.3 Å². The van der Waals surface area contributed by atoms with E-state index in [1.165, 1.54) is 6.08 Å². The predicted octanol–water partition coefficient (Wildman–Crippen LogP) is 8.52. The van der Waals surface area contributed by atoms with Gasteiger partial charge in [-0.3, -0.25) is 9.05 Å². The maximum Gasteiger partial charge on any atom is 0.530 e. The smallest absolute Gasteiger partial charge is 0.420 e. The molecule has 32 heavy (non-hydrogen) atoms. The largest absolute Gasteiger partial charge is 0.530 e. The second kappa shape index (κ2) is 12.0. The molecule has 0 amide bonds. The third kappa shape index (κ3) is 6.78. The van der Waals surface area contributed by atoms with Crippen molar-refractivity contribution in [2.45, 2.75) is 20.8 Å². The highest BCUT2D eigenvalue weighted by molar-refractivity contribution is 7.48. The molecule has 174 valence electrons. The van der Waals surface area contributed by atoms with Crippen LogP contribution in [-0.2, 0) is 18.4 Å². The summed E-state index contributed by atoms with van der Waals surface area (Å²) in [6.45, 7) is 5.37. The van der Waals surface area contributed by atoms with Crippen molar-refractivity contribution in [2.24, 2.45) is 0 Å². The Morgan fingerprint density at radius 2 is 1.34 bits per heavy atom. The van der Waals surface area contributed by atoms with E-state index < -0.39 is 13.8 Å². The van der Waals surface area contributed by atoms with Crippen LogP contribution in [0.3, 0.4) is 0 Å². The second-order valence-electron chi connectivity index (χ2n) is 6.05. The van der Waals surface area contributed by atoms with Crippen molar-refractivity contribution in [3.05, 3.63) is 61.0 Å². The van der Waals surface area contributed by atoms with Crippen molar-refractivity contribution in [1.82, 2.24) is 0 Å². The summed E-state index contributed by atoms with van der Waals surface area (Å²) in [5.41, 5.74) is 1.22. The number of esters is 1. The SMILES string of the molecule is CCOP(=O)(OCC)Oc1ccc(/C(C)=C/C(=O)Oc2c(Cl)c(Cl)c(Cl)c(Cl)c2Cl)cc1. The first-order valence-corrected chi connectivity index (χ1v) is 12.5. The molecule has 2 rings (SSSR count). The van der Waals surface area contributed by atoms with E-state index in [0.717, 1.165) is 0 Å². The van der Waals surface area contributed by atoms with Gasteiger partial charge in [-0.05, 0) is 44.0 Å². The summed E-state index contributed by atoms with van der Waals surface area (Å²) in [4.78, 5) is 12.4. The van der Waals surface area contributed by atoms with E-state index >= 15 is 0 Å². The molecule has 0 aliphatic heterocycles. The first-order chi connectivity index (χ1) is 15.0. The number of halogens is 5. The maximum absolute atomic E-state index is 12.5. The Kier molecular flexibility index (Phi) is 10.2. The highest BCUT2D eigenvalue weighted by Gasteiger charge is 2.27. The van der Waals surface area contributed by atoms with Crippen molar-refractivity contribution in [2.75, 3.05) is 13.2 Å². The number of carbonyl (C=O) groups is 1. The fourth-order valence-corrected chi connectivity index (χ4v) is 4.77. The van der Waals surface area contributed by atoms with Gasteiger partial charge in [0.25, 0.3) is 0 Å². The van der Waals surface area contributed by atoms with E-state index in [1.54, 1.807) is 45.0 Å². The van der Waals surface area contributed by atoms with Crippen LogP contribution >= 0.6 is 65.8 Å². The predicted molar refractivity (Wildman–Crippen MR) is 129 cm³/mol. The average Bonchev–Trinajstić information content (AvgIpc) is 2.74.